The molecule has 0 amide bonds. The number of nitrogens with two attached hydrogens (primary N) is 1. The Morgan fingerprint density at radius 1 is 1.12 bits per heavy atom. The smallest absolute Gasteiger partial charge is 0.0281 e. The van der Waals surface area contributed by atoms with Crippen LogP contribution in [-0.2, 0) is 0 Å². The minimum atomic E-state index is 0.416. The zero-order valence-corrected chi connectivity index (χ0v) is 11.6. The van der Waals surface area contributed by atoms with Crippen LogP contribution in [0.1, 0.15) is 32.3 Å². The van der Waals surface area contributed by atoms with Gasteiger partial charge in [0.05, 0.1) is 0 Å². The molecule has 0 radical (unpaired) electrons. The number of likely N-dealkylation sites (N-methyl/N-ethyl adjacent to an activating group) is 1. The van der Waals surface area contributed by atoms with E-state index in [2.05, 4.69) is 63.1 Å². The summed E-state index contributed by atoms with van der Waals surface area (Å²) in [6, 6.07) is 11.1. The van der Waals surface area contributed by atoms with Gasteiger partial charge in [0.1, 0.15) is 0 Å². The second-order valence-corrected chi connectivity index (χ2v) is 5.34. The fourth-order valence-electron chi connectivity index (χ4n) is 2.46. The van der Waals surface area contributed by atoms with Crippen LogP contribution in [0.5, 0.6) is 0 Å². The van der Waals surface area contributed by atoms with Crippen molar-refractivity contribution in [1.29, 1.82) is 0 Å². The van der Waals surface area contributed by atoms with Crippen molar-refractivity contribution in [2.24, 2.45) is 11.7 Å². The van der Waals surface area contributed by atoms with Crippen LogP contribution in [-0.4, -0.2) is 31.1 Å². The standard InChI is InChI=1S/C15H26N2/c1-12(2)11-17(4)15(10-16)13(3)14-8-6-5-7-9-14/h5-9,12-13,15H,10-11,16H2,1-4H3. The van der Waals surface area contributed by atoms with E-state index >= 15 is 0 Å². The van der Waals surface area contributed by atoms with Crippen molar-refractivity contribution in [1.82, 2.24) is 4.90 Å². The normalized spacial score (nSPS) is 15.2. The van der Waals surface area contributed by atoms with E-state index in [9.17, 15) is 0 Å². The van der Waals surface area contributed by atoms with Gasteiger partial charge in [-0.2, -0.15) is 0 Å². The van der Waals surface area contributed by atoms with E-state index in [-0.39, 0.29) is 0 Å². The van der Waals surface area contributed by atoms with Gasteiger partial charge in [0.15, 0.2) is 0 Å². The molecule has 0 aromatic heterocycles. The van der Waals surface area contributed by atoms with Crippen LogP contribution in [0.25, 0.3) is 0 Å². The lowest BCUT2D eigenvalue weighted by atomic mass is 9.92. The van der Waals surface area contributed by atoms with Crippen LogP contribution in [0, 0.1) is 5.92 Å². The number of nitrogens with zero attached hydrogens (tertiary/aromatic N) is 1. The highest BCUT2D eigenvalue weighted by Crippen LogP contribution is 2.22. The summed E-state index contributed by atoms with van der Waals surface area (Å²) in [4.78, 5) is 2.39. The maximum absolute atomic E-state index is 5.95. The van der Waals surface area contributed by atoms with E-state index in [1.54, 1.807) is 0 Å². The van der Waals surface area contributed by atoms with Crippen molar-refractivity contribution in [2.45, 2.75) is 32.7 Å². The van der Waals surface area contributed by atoms with Crippen LogP contribution < -0.4 is 5.73 Å². The molecule has 0 fully saturated rings. The second kappa shape index (κ2) is 6.77. The zero-order chi connectivity index (χ0) is 12.8. The third-order valence-corrected chi connectivity index (χ3v) is 3.36. The molecule has 2 unspecified atom stereocenters. The first kappa shape index (κ1) is 14.2. The summed E-state index contributed by atoms with van der Waals surface area (Å²) in [5, 5.41) is 0. The lowest BCUT2D eigenvalue weighted by Crippen LogP contribution is -2.43. The Balaban J connectivity index is 2.73. The van der Waals surface area contributed by atoms with Crippen LogP contribution in [0.4, 0.5) is 0 Å². The zero-order valence-electron chi connectivity index (χ0n) is 11.6. The van der Waals surface area contributed by atoms with Gasteiger partial charge in [0.25, 0.3) is 0 Å². The predicted molar refractivity (Wildman–Crippen MR) is 75.2 cm³/mol. The molecular weight excluding hydrogens is 208 g/mol. The topological polar surface area (TPSA) is 29.3 Å². The van der Waals surface area contributed by atoms with Gasteiger partial charge >= 0.3 is 0 Å². The molecule has 17 heavy (non-hydrogen) atoms. The molecule has 2 heteroatoms. The van der Waals surface area contributed by atoms with Gasteiger partial charge in [-0.05, 0) is 24.4 Å². The summed E-state index contributed by atoms with van der Waals surface area (Å²) < 4.78 is 0. The lowest BCUT2D eigenvalue weighted by molar-refractivity contribution is 0.199. The van der Waals surface area contributed by atoms with Crippen molar-refractivity contribution in [2.75, 3.05) is 20.1 Å². The Kier molecular flexibility index (Phi) is 5.66. The Morgan fingerprint density at radius 2 is 1.71 bits per heavy atom. The van der Waals surface area contributed by atoms with E-state index < -0.39 is 0 Å². The quantitative estimate of drug-likeness (QED) is 0.820. The van der Waals surface area contributed by atoms with Crippen LogP contribution in [0.2, 0.25) is 0 Å². The average molecular weight is 234 g/mol. The molecule has 2 N–H and O–H groups in total. The van der Waals surface area contributed by atoms with Crippen LogP contribution in [0.3, 0.4) is 0 Å². The fourth-order valence-corrected chi connectivity index (χ4v) is 2.46. The molecule has 2 nitrogen and oxygen atoms in total. The summed E-state index contributed by atoms with van der Waals surface area (Å²) in [6.45, 7) is 8.57. The second-order valence-electron chi connectivity index (χ2n) is 5.34. The molecule has 0 spiro atoms. The molecule has 0 saturated heterocycles. The fraction of sp³-hybridized carbons (Fsp3) is 0.600. The van der Waals surface area contributed by atoms with Crippen molar-refractivity contribution in [3.63, 3.8) is 0 Å². The van der Waals surface area contributed by atoms with E-state index in [1.165, 1.54) is 5.56 Å². The number of hydrogen-bond acceptors (Lipinski definition) is 2. The van der Waals surface area contributed by atoms with E-state index in [0.717, 1.165) is 6.54 Å². The average Bonchev–Trinajstić information content (AvgIpc) is 2.30. The minimum Gasteiger partial charge on any atom is -0.329 e. The Hall–Kier alpha value is -0.860. The number of benzene rings is 1. The molecule has 0 bridgehead atoms. The molecule has 1 rings (SSSR count). The van der Waals surface area contributed by atoms with Gasteiger partial charge in [-0.25, -0.2) is 0 Å². The summed E-state index contributed by atoms with van der Waals surface area (Å²) in [7, 11) is 2.18. The predicted octanol–water partition coefficient (Wildman–Crippen LogP) is 2.71. The van der Waals surface area contributed by atoms with Crippen LogP contribution in [0.15, 0.2) is 30.3 Å². The molecule has 0 saturated carbocycles. The third kappa shape index (κ3) is 4.14. The maximum atomic E-state index is 5.95. The Bertz CT molecular complexity index is 308. The summed E-state index contributed by atoms with van der Waals surface area (Å²) >= 11 is 0. The van der Waals surface area contributed by atoms with Crippen molar-refractivity contribution in [3.05, 3.63) is 35.9 Å². The molecule has 1 aromatic carbocycles. The third-order valence-electron chi connectivity index (χ3n) is 3.36. The molecule has 0 aliphatic heterocycles. The molecule has 0 aliphatic carbocycles. The Morgan fingerprint density at radius 3 is 2.18 bits per heavy atom. The highest BCUT2D eigenvalue weighted by molar-refractivity contribution is 5.20. The van der Waals surface area contributed by atoms with Gasteiger partial charge in [-0.3, -0.25) is 0 Å². The van der Waals surface area contributed by atoms with Gasteiger partial charge in [-0.1, -0.05) is 51.1 Å². The highest BCUT2D eigenvalue weighted by atomic mass is 15.1. The summed E-state index contributed by atoms with van der Waals surface area (Å²) in [5.41, 5.74) is 7.32. The maximum Gasteiger partial charge on any atom is 0.0281 e. The van der Waals surface area contributed by atoms with E-state index in [0.29, 0.717) is 24.4 Å². The van der Waals surface area contributed by atoms with Gasteiger partial charge < -0.3 is 10.6 Å². The van der Waals surface area contributed by atoms with Crippen molar-refractivity contribution < 1.29 is 0 Å². The molecule has 96 valence electrons. The summed E-state index contributed by atoms with van der Waals surface area (Å²) in [6.07, 6.45) is 0. The van der Waals surface area contributed by atoms with Gasteiger partial charge in [0.2, 0.25) is 0 Å². The lowest BCUT2D eigenvalue weighted by Gasteiger charge is -2.33. The first-order chi connectivity index (χ1) is 8.06. The SMILES string of the molecule is CC(C)CN(C)C(CN)C(C)c1ccccc1. The molecule has 1 aromatic rings. The summed E-state index contributed by atoms with van der Waals surface area (Å²) in [5.74, 6) is 1.15. The van der Waals surface area contributed by atoms with Gasteiger partial charge in [-0.15, -0.1) is 0 Å². The van der Waals surface area contributed by atoms with Crippen molar-refractivity contribution in [3.8, 4) is 0 Å². The van der Waals surface area contributed by atoms with Crippen molar-refractivity contribution >= 4 is 0 Å². The first-order valence-electron chi connectivity index (χ1n) is 6.51. The largest absolute Gasteiger partial charge is 0.329 e. The first-order valence-corrected chi connectivity index (χ1v) is 6.51. The molecule has 0 aliphatic rings. The van der Waals surface area contributed by atoms with Gasteiger partial charge in [0, 0.05) is 19.1 Å². The van der Waals surface area contributed by atoms with E-state index in [4.69, 9.17) is 5.73 Å². The Labute approximate surface area is 106 Å². The van der Waals surface area contributed by atoms with Crippen LogP contribution >= 0.6 is 0 Å². The number of hydrogen-bond donors (Lipinski definition) is 1. The van der Waals surface area contributed by atoms with E-state index in [1.807, 2.05) is 0 Å². The monoisotopic (exact) mass is 234 g/mol. The number of rotatable bonds is 6. The minimum absolute atomic E-state index is 0.416. The highest BCUT2D eigenvalue weighted by Gasteiger charge is 2.21. The molecular formula is C15H26N2. The molecule has 0 heterocycles. The molecule has 2 atom stereocenters.